The molecule has 0 aliphatic carbocycles. The maximum atomic E-state index is 13.4. The van der Waals surface area contributed by atoms with Crippen LogP contribution in [0, 0.1) is 5.82 Å². The molecule has 2 aliphatic heterocycles. The minimum absolute atomic E-state index is 0.180. The normalized spacial score (nSPS) is 17.6. The third kappa shape index (κ3) is 3.74. The van der Waals surface area contributed by atoms with E-state index >= 15 is 0 Å². The van der Waals surface area contributed by atoms with Gasteiger partial charge in [-0.05, 0) is 69.6 Å². The van der Waals surface area contributed by atoms with Crippen molar-refractivity contribution in [3.8, 4) is 0 Å². The van der Waals surface area contributed by atoms with Gasteiger partial charge in [0.05, 0.1) is 16.8 Å². The van der Waals surface area contributed by atoms with Crippen LogP contribution in [0.4, 0.5) is 4.39 Å². The molecule has 2 aromatic carbocycles. The van der Waals surface area contributed by atoms with Crippen LogP contribution in [0.1, 0.15) is 58.0 Å². The first-order chi connectivity index (χ1) is 15.1. The number of fused-ring (bicyclic) bond motifs is 2. The number of rotatable bonds is 6. The summed E-state index contributed by atoms with van der Waals surface area (Å²) in [4.78, 5) is 28.6. The van der Waals surface area contributed by atoms with Crippen LogP contribution in [0.15, 0.2) is 47.0 Å². The van der Waals surface area contributed by atoms with Gasteiger partial charge in [-0.1, -0.05) is 17.3 Å². The number of imide groups is 1. The van der Waals surface area contributed by atoms with Gasteiger partial charge in [-0.15, -0.1) is 0 Å². The van der Waals surface area contributed by atoms with Gasteiger partial charge in [0.2, 0.25) is 0 Å². The number of benzene rings is 2. The molecule has 0 radical (unpaired) electrons. The van der Waals surface area contributed by atoms with Crippen LogP contribution in [-0.4, -0.2) is 52.9 Å². The molecule has 1 aromatic heterocycles. The van der Waals surface area contributed by atoms with Gasteiger partial charge >= 0.3 is 0 Å². The molecule has 3 heterocycles. The molecular weight excluding hydrogens is 397 g/mol. The van der Waals surface area contributed by atoms with Crippen LogP contribution in [-0.2, 0) is 0 Å². The van der Waals surface area contributed by atoms with E-state index in [9.17, 15) is 14.0 Å². The number of nitrogens with zero attached hydrogens (tertiary/aromatic N) is 3. The lowest BCUT2D eigenvalue weighted by molar-refractivity contribution is 0.0649. The second-order valence-corrected chi connectivity index (χ2v) is 8.34. The third-order valence-corrected chi connectivity index (χ3v) is 6.42. The lowest BCUT2D eigenvalue weighted by atomic mass is 9.91. The Hall–Kier alpha value is -3.06. The molecule has 0 bridgehead atoms. The predicted octanol–water partition coefficient (Wildman–Crippen LogP) is 4.22. The molecule has 1 fully saturated rings. The number of hydrogen-bond acceptors (Lipinski definition) is 5. The highest BCUT2D eigenvalue weighted by Crippen LogP contribution is 2.33. The van der Waals surface area contributed by atoms with Crippen LogP contribution in [0.2, 0.25) is 0 Å². The van der Waals surface area contributed by atoms with E-state index in [1.54, 1.807) is 30.3 Å². The second-order valence-electron chi connectivity index (χ2n) is 8.34. The molecule has 0 N–H and O–H groups in total. The zero-order chi connectivity index (χ0) is 21.4. The van der Waals surface area contributed by atoms with E-state index in [2.05, 4.69) is 10.1 Å². The average molecular weight is 421 g/mol. The summed E-state index contributed by atoms with van der Waals surface area (Å²) in [6.45, 7) is 3.34. The smallest absolute Gasteiger partial charge is 0.261 e. The first-order valence-corrected chi connectivity index (χ1v) is 10.8. The molecule has 0 unspecified atom stereocenters. The summed E-state index contributed by atoms with van der Waals surface area (Å²) in [5.74, 6) is -0.352. The Kier molecular flexibility index (Phi) is 5.28. The zero-order valence-corrected chi connectivity index (χ0v) is 17.2. The standard InChI is InChI=1S/C24H24FN3O3/c25-17-7-8-20-21(15-17)31-26-22(20)16-9-13-27(14-10-16)11-3-4-12-28-23(29)18-5-1-2-6-19(18)24(28)30/h1-2,5-8,15-16H,3-4,9-14H2. The van der Waals surface area contributed by atoms with Crippen molar-refractivity contribution in [1.82, 2.24) is 15.0 Å². The van der Waals surface area contributed by atoms with E-state index < -0.39 is 0 Å². The van der Waals surface area contributed by atoms with Crippen molar-refractivity contribution in [3.05, 3.63) is 65.1 Å². The summed E-state index contributed by atoms with van der Waals surface area (Å²) in [6, 6.07) is 11.6. The van der Waals surface area contributed by atoms with E-state index in [1.807, 2.05) is 0 Å². The molecule has 2 aliphatic rings. The van der Waals surface area contributed by atoms with Gasteiger partial charge < -0.3 is 9.42 Å². The third-order valence-electron chi connectivity index (χ3n) is 6.42. The molecule has 2 amide bonds. The molecule has 5 rings (SSSR count). The topological polar surface area (TPSA) is 66.7 Å². The molecule has 0 saturated carbocycles. The van der Waals surface area contributed by atoms with Gasteiger partial charge in [-0.25, -0.2) is 4.39 Å². The highest BCUT2D eigenvalue weighted by molar-refractivity contribution is 6.21. The number of amides is 2. The summed E-state index contributed by atoms with van der Waals surface area (Å²) in [7, 11) is 0. The van der Waals surface area contributed by atoms with Crippen LogP contribution < -0.4 is 0 Å². The summed E-state index contributed by atoms with van der Waals surface area (Å²) in [6.07, 6.45) is 3.70. The molecule has 1 saturated heterocycles. The molecule has 6 nitrogen and oxygen atoms in total. The first kappa shape index (κ1) is 19.9. The Bertz CT molecular complexity index is 1100. The Morgan fingerprint density at radius 1 is 0.968 bits per heavy atom. The lowest BCUT2D eigenvalue weighted by Gasteiger charge is -2.31. The van der Waals surface area contributed by atoms with Crippen molar-refractivity contribution in [1.29, 1.82) is 0 Å². The number of likely N-dealkylation sites (tertiary alicyclic amines) is 1. The molecule has 160 valence electrons. The molecule has 0 spiro atoms. The average Bonchev–Trinajstić information content (AvgIpc) is 3.31. The number of carbonyl (C=O) groups excluding carboxylic acids is 2. The van der Waals surface area contributed by atoms with Crippen molar-refractivity contribution in [3.63, 3.8) is 0 Å². The zero-order valence-electron chi connectivity index (χ0n) is 17.2. The van der Waals surface area contributed by atoms with Crippen LogP contribution in [0.3, 0.4) is 0 Å². The van der Waals surface area contributed by atoms with E-state index in [-0.39, 0.29) is 17.6 Å². The fourth-order valence-electron chi connectivity index (χ4n) is 4.70. The highest BCUT2D eigenvalue weighted by atomic mass is 19.1. The van der Waals surface area contributed by atoms with Crippen molar-refractivity contribution >= 4 is 22.8 Å². The number of halogens is 1. The van der Waals surface area contributed by atoms with Crippen molar-refractivity contribution in [2.24, 2.45) is 0 Å². The number of piperidine rings is 1. The van der Waals surface area contributed by atoms with Gasteiger partial charge in [0, 0.05) is 23.9 Å². The Morgan fingerprint density at radius 2 is 1.65 bits per heavy atom. The van der Waals surface area contributed by atoms with Gasteiger partial charge in [-0.2, -0.15) is 0 Å². The molecule has 31 heavy (non-hydrogen) atoms. The van der Waals surface area contributed by atoms with Gasteiger partial charge in [0.25, 0.3) is 11.8 Å². The maximum Gasteiger partial charge on any atom is 0.261 e. The van der Waals surface area contributed by atoms with Crippen molar-refractivity contribution < 1.29 is 18.5 Å². The quantitative estimate of drug-likeness (QED) is 0.440. The number of hydrogen-bond donors (Lipinski definition) is 0. The highest BCUT2D eigenvalue weighted by Gasteiger charge is 2.34. The fourth-order valence-corrected chi connectivity index (χ4v) is 4.70. The SMILES string of the molecule is O=C1c2ccccc2C(=O)N1CCCCN1CCC(c2noc3cc(F)ccc23)CC1. The van der Waals surface area contributed by atoms with Crippen LogP contribution in [0.5, 0.6) is 0 Å². The van der Waals surface area contributed by atoms with E-state index in [0.717, 1.165) is 56.4 Å². The molecule has 7 heteroatoms. The fraction of sp³-hybridized carbons (Fsp3) is 0.375. The molecular formula is C24H24FN3O3. The van der Waals surface area contributed by atoms with Crippen LogP contribution >= 0.6 is 0 Å². The summed E-state index contributed by atoms with van der Waals surface area (Å²) in [5.41, 5.74) is 2.46. The van der Waals surface area contributed by atoms with Gasteiger partial charge in [0.15, 0.2) is 5.58 Å². The Balaban J connectivity index is 1.09. The minimum atomic E-state index is -0.314. The summed E-state index contributed by atoms with van der Waals surface area (Å²) >= 11 is 0. The Labute approximate surface area is 179 Å². The second kappa shape index (κ2) is 8.23. The summed E-state index contributed by atoms with van der Waals surface area (Å²) < 4.78 is 18.7. The molecule has 3 aromatic rings. The first-order valence-electron chi connectivity index (χ1n) is 10.8. The predicted molar refractivity (Wildman–Crippen MR) is 113 cm³/mol. The van der Waals surface area contributed by atoms with E-state index in [0.29, 0.717) is 29.2 Å². The minimum Gasteiger partial charge on any atom is -0.356 e. The Morgan fingerprint density at radius 3 is 2.35 bits per heavy atom. The number of carbonyl (C=O) groups is 2. The monoisotopic (exact) mass is 421 g/mol. The molecule has 0 atom stereocenters. The van der Waals surface area contributed by atoms with E-state index in [1.165, 1.54) is 17.0 Å². The van der Waals surface area contributed by atoms with Gasteiger partial charge in [0.1, 0.15) is 5.82 Å². The van der Waals surface area contributed by atoms with Crippen LogP contribution in [0.25, 0.3) is 11.0 Å². The number of aromatic nitrogens is 1. The lowest BCUT2D eigenvalue weighted by Crippen LogP contribution is -2.35. The van der Waals surface area contributed by atoms with Gasteiger partial charge in [-0.3, -0.25) is 14.5 Å². The summed E-state index contributed by atoms with van der Waals surface area (Å²) in [5, 5.41) is 5.11. The maximum absolute atomic E-state index is 13.4. The largest absolute Gasteiger partial charge is 0.356 e. The number of unbranched alkanes of at least 4 members (excludes halogenated alkanes) is 1. The van der Waals surface area contributed by atoms with Crippen molar-refractivity contribution in [2.45, 2.75) is 31.6 Å². The van der Waals surface area contributed by atoms with E-state index in [4.69, 9.17) is 4.52 Å². The van der Waals surface area contributed by atoms with Crippen molar-refractivity contribution in [2.75, 3.05) is 26.2 Å².